The molecule has 0 spiro atoms. The molecule has 0 radical (unpaired) electrons. The van der Waals surface area contributed by atoms with Gasteiger partial charge in [0.2, 0.25) is 0 Å². The summed E-state index contributed by atoms with van der Waals surface area (Å²) in [6, 6.07) is 0.224. The van der Waals surface area contributed by atoms with Crippen molar-refractivity contribution < 1.29 is 0 Å². The van der Waals surface area contributed by atoms with Gasteiger partial charge in [0.05, 0.1) is 15.9 Å². The predicted octanol–water partition coefficient (Wildman–Crippen LogP) is 3.04. The van der Waals surface area contributed by atoms with Gasteiger partial charge in [-0.25, -0.2) is 0 Å². The monoisotopic (exact) mass is 331 g/mol. The Balaban J connectivity index is 1.84. The van der Waals surface area contributed by atoms with Gasteiger partial charge in [-0.2, -0.15) is 16.9 Å². The van der Waals surface area contributed by atoms with Gasteiger partial charge in [0.1, 0.15) is 0 Å². The second kappa shape index (κ2) is 6.44. The maximum Gasteiger partial charge on any atom is 0.0738 e. The van der Waals surface area contributed by atoms with Crippen molar-refractivity contribution in [2.75, 3.05) is 5.75 Å². The molecule has 0 saturated heterocycles. The summed E-state index contributed by atoms with van der Waals surface area (Å²) in [5, 5.41) is 5.26. The summed E-state index contributed by atoms with van der Waals surface area (Å²) in [4.78, 5) is 0. The van der Waals surface area contributed by atoms with Crippen LogP contribution in [0.1, 0.15) is 37.1 Å². The van der Waals surface area contributed by atoms with Gasteiger partial charge in [-0.1, -0.05) is 12.8 Å². The summed E-state index contributed by atoms with van der Waals surface area (Å²) in [6.45, 7) is 2.02. The summed E-state index contributed by atoms with van der Waals surface area (Å²) in [6.07, 6.45) is 6.47. The fourth-order valence-corrected chi connectivity index (χ4v) is 4.33. The predicted molar refractivity (Wildman–Crippen MR) is 82.0 cm³/mol. The Kier molecular flexibility index (Phi) is 5.15. The fourth-order valence-electron chi connectivity index (χ4n) is 2.52. The minimum Gasteiger partial charge on any atom is -0.327 e. The number of aromatic nitrogens is 2. The summed E-state index contributed by atoms with van der Waals surface area (Å²) in [7, 11) is 1.99. The second-order valence-corrected chi connectivity index (χ2v) is 7.30. The van der Waals surface area contributed by atoms with Crippen LogP contribution in [0.25, 0.3) is 0 Å². The van der Waals surface area contributed by atoms with Crippen LogP contribution in [0.2, 0.25) is 0 Å². The van der Waals surface area contributed by atoms with Crippen molar-refractivity contribution in [1.29, 1.82) is 0 Å². The van der Waals surface area contributed by atoms with Crippen LogP contribution in [0.15, 0.2) is 4.47 Å². The molecule has 2 N–H and O–H groups in total. The number of hydrogen-bond acceptors (Lipinski definition) is 3. The van der Waals surface area contributed by atoms with E-state index in [2.05, 4.69) is 32.8 Å². The third-order valence-corrected chi connectivity index (χ3v) is 6.16. The first-order valence-electron chi connectivity index (χ1n) is 6.63. The van der Waals surface area contributed by atoms with Gasteiger partial charge in [-0.15, -0.1) is 0 Å². The summed E-state index contributed by atoms with van der Waals surface area (Å²) < 4.78 is 3.06. The van der Waals surface area contributed by atoms with Crippen LogP contribution in [0.4, 0.5) is 0 Å². The third kappa shape index (κ3) is 3.52. The van der Waals surface area contributed by atoms with Crippen LogP contribution in [0.3, 0.4) is 0 Å². The molecule has 1 aromatic heterocycles. The van der Waals surface area contributed by atoms with Crippen LogP contribution >= 0.6 is 27.7 Å². The highest BCUT2D eigenvalue weighted by Gasteiger charge is 2.18. The number of aryl methyl sites for hydroxylation is 2. The molecule has 1 aliphatic rings. The molecule has 0 amide bonds. The summed E-state index contributed by atoms with van der Waals surface area (Å²) >= 11 is 5.66. The Bertz CT molecular complexity index is 399. The quantitative estimate of drug-likeness (QED) is 0.901. The molecule has 1 aliphatic carbocycles. The standard InChI is InChI=1S/C13H22BrN3S/c1-9-13(14)12(17(2)16-9)7-10(15)8-18-11-5-3-4-6-11/h10-11H,3-8,15H2,1-2H3. The van der Waals surface area contributed by atoms with Crippen LogP contribution in [0, 0.1) is 6.92 Å². The van der Waals surface area contributed by atoms with Gasteiger partial charge in [0.25, 0.3) is 0 Å². The highest BCUT2D eigenvalue weighted by atomic mass is 79.9. The van der Waals surface area contributed by atoms with Crippen LogP contribution in [0.5, 0.6) is 0 Å². The summed E-state index contributed by atoms with van der Waals surface area (Å²) in [5.41, 5.74) is 8.51. The molecule has 5 heteroatoms. The van der Waals surface area contributed by atoms with E-state index >= 15 is 0 Å². The highest BCUT2D eigenvalue weighted by Crippen LogP contribution is 2.30. The Morgan fingerprint density at radius 3 is 2.72 bits per heavy atom. The van der Waals surface area contributed by atoms with Gasteiger partial charge in [-0.3, -0.25) is 4.68 Å². The Hall–Kier alpha value is -0.000000000000000111. The van der Waals surface area contributed by atoms with Crippen molar-refractivity contribution in [3.05, 3.63) is 15.9 Å². The van der Waals surface area contributed by atoms with Crippen molar-refractivity contribution in [2.45, 2.75) is 50.3 Å². The molecular formula is C13H22BrN3S. The lowest BCUT2D eigenvalue weighted by Crippen LogP contribution is -2.27. The molecule has 3 nitrogen and oxygen atoms in total. The molecule has 0 bridgehead atoms. The molecule has 0 aliphatic heterocycles. The van der Waals surface area contributed by atoms with E-state index in [1.165, 1.54) is 31.4 Å². The molecule has 0 aromatic carbocycles. The average molecular weight is 332 g/mol. The molecule has 18 heavy (non-hydrogen) atoms. The zero-order valence-electron chi connectivity index (χ0n) is 11.2. The fraction of sp³-hybridized carbons (Fsp3) is 0.769. The molecule has 2 rings (SSSR count). The molecule has 1 fully saturated rings. The van der Waals surface area contributed by atoms with Gasteiger partial charge in [0.15, 0.2) is 0 Å². The van der Waals surface area contributed by atoms with E-state index < -0.39 is 0 Å². The zero-order valence-corrected chi connectivity index (χ0v) is 13.6. The Morgan fingerprint density at radius 2 is 2.17 bits per heavy atom. The number of nitrogens with two attached hydrogens (primary N) is 1. The smallest absolute Gasteiger partial charge is 0.0738 e. The van der Waals surface area contributed by atoms with Crippen LogP contribution in [-0.4, -0.2) is 26.8 Å². The normalized spacial score (nSPS) is 18.4. The first-order valence-corrected chi connectivity index (χ1v) is 8.47. The largest absolute Gasteiger partial charge is 0.327 e. The van der Waals surface area contributed by atoms with E-state index in [9.17, 15) is 0 Å². The molecule has 1 heterocycles. The number of rotatable bonds is 5. The van der Waals surface area contributed by atoms with Crippen molar-refractivity contribution in [2.24, 2.45) is 12.8 Å². The minimum atomic E-state index is 0.224. The zero-order chi connectivity index (χ0) is 13.1. The highest BCUT2D eigenvalue weighted by molar-refractivity contribution is 9.10. The molecule has 102 valence electrons. The lowest BCUT2D eigenvalue weighted by atomic mass is 10.2. The second-order valence-electron chi connectivity index (χ2n) is 5.17. The molecular weight excluding hydrogens is 310 g/mol. The molecule has 1 saturated carbocycles. The van der Waals surface area contributed by atoms with Crippen molar-refractivity contribution in [1.82, 2.24) is 9.78 Å². The Labute approximate surface area is 122 Å². The maximum atomic E-state index is 6.25. The van der Waals surface area contributed by atoms with E-state index in [0.29, 0.717) is 0 Å². The van der Waals surface area contributed by atoms with Crippen molar-refractivity contribution in [3.63, 3.8) is 0 Å². The molecule has 1 unspecified atom stereocenters. The van der Waals surface area contributed by atoms with Gasteiger partial charge < -0.3 is 5.73 Å². The average Bonchev–Trinajstić information content (AvgIpc) is 2.92. The topological polar surface area (TPSA) is 43.8 Å². The lowest BCUT2D eigenvalue weighted by Gasteiger charge is -2.15. The van der Waals surface area contributed by atoms with E-state index in [1.54, 1.807) is 0 Å². The number of nitrogens with zero attached hydrogens (tertiary/aromatic N) is 2. The van der Waals surface area contributed by atoms with Gasteiger partial charge >= 0.3 is 0 Å². The van der Waals surface area contributed by atoms with E-state index in [4.69, 9.17) is 5.73 Å². The SMILES string of the molecule is Cc1nn(C)c(CC(N)CSC2CCCC2)c1Br. The van der Waals surface area contributed by atoms with E-state index in [1.807, 2.05) is 18.7 Å². The van der Waals surface area contributed by atoms with Gasteiger partial charge in [-0.05, 0) is 35.7 Å². The maximum absolute atomic E-state index is 6.25. The first kappa shape index (κ1) is 14.4. The number of halogens is 1. The Morgan fingerprint density at radius 1 is 1.50 bits per heavy atom. The van der Waals surface area contributed by atoms with E-state index in [0.717, 1.165) is 27.6 Å². The molecule has 1 aromatic rings. The van der Waals surface area contributed by atoms with Crippen molar-refractivity contribution >= 4 is 27.7 Å². The van der Waals surface area contributed by atoms with E-state index in [-0.39, 0.29) is 6.04 Å². The first-order chi connectivity index (χ1) is 8.58. The van der Waals surface area contributed by atoms with Gasteiger partial charge in [0, 0.05) is 30.5 Å². The minimum absolute atomic E-state index is 0.224. The molecule has 1 atom stereocenters. The number of thioether (sulfide) groups is 1. The van der Waals surface area contributed by atoms with Crippen LogP contribution < -0.4 is 5.73 Å². The van der Waals surface area contributed by atoms with Crippen LogP contribution in [-0.2, 0) is 13.5 Å². The third-order valence-electron chi connectivity index (χ3n) is 3.57. The lowest BCUT2D eigenvalue weighted by molar-refractivity contribution is 0.650. The van der Waals surface area contributed by atoms with Crippen molar-refractivity contribution in [3.8, 4) is 0 Å². The number of hydrogen-bond donors (Lipinski definition) is 1. The summed E-state index contributed by atoms with van der Waals surface area (Å²) in [5.74, 6) is 1.06.